The predicted molar refractivity (Wildman–Crippen MR) is 79.5 cm³/mol. The highest BCUT2D eigenvalue weighted by atomic mass is 79.9. The molecule has 2 N–H and O–H groups in total. The fourth-order valence-electron chi connectivity index (χ4n) is 1.73. The molecule has 1 unspecified atom stereocenters. The van der Waals surface area contributed by atoms with Crippen molar-refractivity contribution in [3.8, 4) is 0 Å². The smallest absolute Gasteiger partial charge is 0.330 e. The molecule has 0 aliphatic carbocycles. The van der Waals surface area contributed by atoms with Gasteiger partial charge in [0.1, 0.15) is 0 Å². The summed E-state index contributed by atoms with van der Waals surface area (Å²) in [6.07, 6.45) is 0. The lowest BCUT2D eigenvalue weighted by molar-refractivity contribution is -0.138. The van der Waals surface area contributed by atoms with Crippen molar-refractivity contribution >= 4 is 39.2 Å². The van der Waals surface area contributed by atoms with Gasteiger partial charge in [-0.1, -0.05) is 17.7 Å². The molecule has 7 heteroatoms. The van der Waals surface area contributed by atoms with E-state index in [4.69, 9.17) is 11.6 Å². The summed E-state index contributed by atoms with van der Waals surface area (Å²) in [5.74, 6) is -3.35. The van der Waals surface area contributed by atoms with Gasteiger partial charge >= 0.3 is 5.97 Å². The Morgan fingerprint density at radius 2 is 1.90 bits per heavy atom. The van der Waals surface area contributed by atoms with Crippen molar-refractivity contribution in [2.75, 3.05) is 5.32 Å². The van der Waals surface area contributed by atoms with Gasteiger partial charge in [0.15, 0.2) is 17.7 Å². The minimum absolute atomic E-state index is 0.104. The van der Waals surface area contributed by atoms with Crippen LogP contribution in [0.5, 0.6) is 0 Å². The third-order valence-corrected chi connectivity index (χ3v) is 3.97. The van der Waals surface area contributed by atoms with Gasteiger partial charge in [-0.2, -0.15) is 0 Å². The van der Waals surface area contributed by atoms with Crippen LogP contribution in [0, 0.1) is 11.6 Å². The lowest BCUT2D eigenvalue weighted by Gasteiger charge is -2.17. The van der Waals surface area contributed by atoms with Crippen LogP contribution in [0.1, 0.15) is 11.6 Å². The number of benzene rings is 2. The van der Waals surface area contributed by atoms with Gasteiger partial charge in [-0.15, -0.1) is 0 Å². The van der Waals surface area contributed by atoms with Gasteiger partial charge in [-0.05, 0) is 51.8 Å². The molecule has 0 heterocycles. The van der Waals surface area contributed by atoms with Gasteiger partial charge in [0, 0.05) is 10.2 Å². The van der Waals surface area contributed by atoms with E-state index in [2.05, 4.69) is 21.2 Å². The van der Waals surface area contributed by atoms with Crippen LogP contribution in [0.25, 0.3) is 0 Å². The Bertz CT molecular complexity index is 697. The van der Waals surface area contributed by atoms with Crippen LogP contribution in [0.4, 0.5) is 14.5 Å². The van der Waals surface area contributed by atoms with Gasteiger partial charge in [-0.3, -0.25) is 0 Å². The van der Waals surface area contributed by atoms with E-state index in [0.717, 1.165) is 12.1 Å². The highest BCUT2D eigenvalue weighted by Crippen LogP contribution is 2.28. The molecule has 1 atom stereocenters. The highest BCUT2D eigenvalue weighted by Gasteiger charge is 2.21. The van der Waals surface area contributed by atoms with E-state index in [-0.39, 0.29) is 5.56 Å². The number of hydrogen-bond acceptors (Lipinski definition) is 2. The minimum Gasteiger partial charge on any atom is -0.479 e. The highest BCUT2D eigenvalue weighted by molar-refractivity contribution is 9.10. The van der Waals surface area contributed by atoms with Crippen molar-refractivity contribution in [2.24, 2.45) is 0 Å². The van der Waals surface area contributed by atoms with Crippen molar-refractivity contribution in [3.63, 3.8) is 0 Å². The zero-order valence-electron chi connectivity index (χ0n) is 10.4. The quantitative estimate of drug-likeness (QED) is 0.819. The Kier molecular flexibility index (Phi) is 4.80. The summed E-state index contributed by atoms with van der Waals surface area (Å²) in [5, 5.41) is 12.5. The third kappa shape index (κ3) is 3.71. The van der Waals surface area contributed by atoms with Gasteiger partial charge in [0.2, 0.25) is 0 Å². The van der Waals surface area contributed by atoms with Crippen molar-refractivity contribution in [2.45, 2.75) is 6.04 Å². The van der Waals surface area contributed by atoms with Gasteiger partial charge in [-0.25, -0.2) is 13.6 Å². The maximum absolute atomic E-state index is 13.2. The molecule has 0 aromatic heterocycles. The molecule has 0 saturated carbocycles. The minimum atomic E-state index is -1.22. The van der Waals surface area contributed by atoms with Gasteiger partial charge in [0.05, 0.1) is 5.02 Å². The summed E-state index contributed by atoms with van der Waals surface area (Å²) in [6.45, 7) is 0. The van der Waals surface area contributed by atoms with E-state index in [9.17, 15) is 18.7 Å². The average Bonchev–Trinajstić information content (AvgIpc) is 2.43. The fraction of sp³-hybridized carbons (Fsp3) is 0.0714. The summed E-state index contributed by atoms with van der Waals surface area (Å²) >= 11 is 9.07. The lowest BCUT2D eigenvalue weighted by atomic mass is 10.1. The first-order chi connectivity index (χ1) is 9.88. The second-order valence-corrected chi connectivity index (χ2v) is 5.48. The molecule has 21 heavy (non-hydrogen) atoms. The summed E-state index contributed by atoms with van der Waals surface area (Å²) in [5.41, 5.74) is 0.580. The SMILES string of the molecule is O=C(O)C(Nc1ccc(Cl)c(Br)c1)c1ccc(F)c(F)c1. The topological polar surface area (TPSA) is 49.3 Å². The van der Waals surface area contributed by atoms with Crippen LogP contribution in [0.15, 0.2) is 40.9 Å². The summed E-state index contributed by atoms with van der Waals surface area (Å²) in [7, 11) is 0. The van der Waals surface area contributed by atoms with Crippen molar-refractivity contribution in [1.82, 2.24) is 0 Å². The molecule has 3 nitrogen and oxygen atoms in total. The number of carboxylic acids is 1. The second kappa shape index (κ2) is 6.41. The number of carboxylic acid groups (broad SMARTS) is 1. The average molecular weight is 377 g/mol. The predicted octanol–water partition coefficient (Wildman–Crippen LogP) is 4.62. The van der Waals surface area contributed by atoms with E-state index in [0.29, 0.717) is 15.2 Å². The largest absolute Gasteiger partial charge is 0.479 e. The molecule has 0 radical (unpaired) electrons. The standard InChI is InChI=1S/C14H9BrClF2NO2/c15-9-6-8(2-3-10(9)16)19-13(14(20)21)7-1-4-11(17)12(18)5-7/h1-6,13,19H,(H,20,21). The molecule has 110 valence electrons. The summed E-state index contributed by atoms with van der Waals surface area (Å²) in [4.78, 5) is 11.3. The fourth-order valence-corrected chi connectivity index (χ4v) is 2.23. The maximum Gasteiger partial charge on any atom is 0.330 e. The first-order valence-electron chi connectivity index (χ1n) is 5.78. The van der Waals surface area contributed by atoms with Crippen LogP contribution in [0.3, 0.4) is 0 Å². The molecule has 2 aromatic rings. The molecule has 0 saturated heterocycles. The number of hydrogen-bond donors (Lipinski definition) is 2. The van der Waals surface area contributed by atoms with E-state index >= 15 is 0 Å². The van der Waals surface area contributed by atoms with Crippen LogP contribution in [-0.4, -0.2) is 11.1 Å². The second-order valence-electron chi connectivity index (χ2n) is 4.22. The molecular formula is C14H9BrClF2NO2. The van der Waals surface area contributed by atoms with Crippen molar-refractivity contribution < 1.29 is 18.7 Å². The third-order valence-electron chi connectivity index (χ3n) is 2.75. The van der Waals surface area contributed by atoms with Crippen LogP contribution >= 0.6 is 27.5 Å². The monoisotopic (exact) mass is 375 g/mol. The van der Waals surface area contributed by atoms with Crippen LogP contribution < -0.4 is 5.32 Å². The zero-order chi connectivity index (χ0) is 15.6. The Hall–Kier alpha value is -1.66. The normalized spacial score (nSPS) is 12.0. The first kappa shape index (κ1) is 15.7. The van der Waals surface area contributed by atoms with E-state index in [1.54, 1.807) is 18.2 Å². The number of rotatable bonds is 4. The summed E-state index contributed by atoms with van der Waals surface area (Å²) in [6, 6.07) is 6.51. The molecule has 0 fully saturated rings. The zero-order valence-corrected chi connectivity index (χ0v) is 12.8. The Balaban J connectivity index is 2.32. The molecule has 2 rings (SSSR count). The number of anilines is 1. The van der Waals surface area contributed by atoms with E-state index in [1.807, 2.05) is 0 Å². The van der Waals surface area contributed by atoms with Crippen molar-refractivity contribution in [1.29, 1.82) is 0 Å². The van der Waals surface area contributed by atoms with Crippen molar-refractivity contribution in [3.05, 3.63) is 63.1 Å². The molecular weight excluding hydrogens is 368 g/mol. The summed E-state index contributed by atoms with van der Waals surface area (Å²) < 4.78 is 26.7. The van der Waals surface area contributed by atoms with E-state index in [1.165, 1.54) is 6.07 Å². The number of aliphatic carboxylic acids is 1. The molecule has 0 amide bonds. The lowest BCUT2D eigenvalue weighted by Crippen LogP contribution is -2.20. The van der Waals surface area contributed by atoms with Gasteiger partial charge in [0.25, 0.3) is 0 Å². The number of nitrogens with one attached hydrogen (secondary N) is 1. The molecule has 0 aliphatic rings. The Morgan fingerprint density at radius 1 is 1.19 bits per heavy atom. The molecule has 2 aromatic carbocycles. The molecule has 0 aliphatic heterocycles. The first-order valence-corrected chi connectivity index (χ1v) is 6.95. The Labute approximate surface area is 132 Å². The maximum atomic E-state index is 13.2. The van der Waals surface area contributed by atoms with Crippen LogP contribution in [0.2, 0.25) is 5.02 Å². The van der Waals surface area contributed by atoms with E-state index < -0.39 is 23.6 Å². The van der Waals surface area contributed by atoms with Gasteiger partial charge < -0.3 is 10.4 Å². The van der Waals surface area contributed by atoms with Crippen LogP contribution in [-0.2, 0) is 4.79 Å². The number of halogens is 4. The number of carbonyl (C=O) groups is 1. The molecule has 0 bridgehead atoms. The molecule has 0 spiro atoms. The Morgan fingerprint density at radius 3 is 2.48 bits per heavy atom.